The van der Waals surface area contributed by atoms with Gasteiger partial charge in [-0.25, -0.2) is 0 Å². The first-order valence-electron chi connectivity index (χ1n) is 4.31. The molecule has 0 unspecified atom stereocenters. The van der Waals surface area contributed by atoms with Crippen LogP contribution in [0.3, 0.4) is 0 Å². The molecular formula is C9H22OSi. The zero-order valence-corrected chi connectivity index (χ0v) is 10.1. The van der Waals surface area contributed by atoms with E-state index in [0.717, 1.165) is 0 Å². The Balaban J connectivity index is 3.99. The van der Waals surface area contributed by atoms with Crippen molar-refractivity contribution in [3.63, 3.8) is 0 Å². The van der Waals surface area contributed by atoms with Crippen molar-refractivity contribution in [2.75, 3.05) is 0 Å². The van der Waals surface area contributed by atoms with Crippen molar-refractivity contribution < 1.29 is 4.43 Å². The van der Waals surface area contributed by atoms with Crippen molar-refractivity contribution in [3.05, 3.63) is 0 Å². The fourth-order valence-electron chi connectivity index (χ4n) is 0.707. The molecule has 0 spiro atoms. The zero-order valence-electron chi connectivity index (χ0n) is 8.99. The molecule has 0 saturated heterocycles. The lowest BCUT2D eigenvalue weighted by molar-refractivity contribution is 0.123. The normalized spacial score (nSPS) is 16.6. The summed E-state index contributed by atoms with van der Waals surface area (Å²) in [5, 5.41) is 0.382. The van der Waals surface area contributed by atoms with Gasteiger partial charge in [-0.2, -0.15) is 0 Å². The summed E-state index contributed by atoms with van der Waals surface area (Å²) >= 11 is 0. The quantitative estimate of drug-likeness (QED) is 0.555. The van der Waals surface area contributed by atoms with Crippen LogP contribution >= 0.6 is 0 Å². The molecular weight excluding hydrogens is 152 g/mol. The Morgan fingerprint density at radius 1 is 0.909 bits per heavy atom. The summed E-state index contributed by atoms with van der Waals surface area (Å²) in [5.74, 6) is 0. The second kappa shape index (κ2) is 3.28. The lowest BCUT2D eigenvalue weighted by atomic mass is 10.2. The van der Waals surface area contributed by atoms with Gasteiger partial charge >= 0.3 is 0 Å². The van der Waals surface area contributed by atoms with Crippen LogP contribution in [0.25, 0.3) is 0 Å². The molecule has 0 amide bonds. The van der Waals surface area contributed by atoms with Crippen molar-refractivity contribution in [2.45, 2.75) is 58.7 Å². The predicted molar refractivity (Wildman–Crippen MR) is 53.6 cm³/mol. The Hall–Kier alpha value is 0.177. The van der Waals surface area contributed by atoms with Gasteiger partial charge in [0.2, 0.25) is 0 Å². The second-order valence-corrected chi connectivity index (χ2v) is 8.49. The van der Waals surface area contributed by atoms with Crippen LogP contribution in [0, 0.1) is 0 Å². The van der Waals surface area contributed by atoms with Gasteiger partial charge in [-0.1, -0.05) is 20.8 Å². The molecule has 68 valence electrons. The molecule has 1 atom stereocenters. The first-order chi connectivity index (χ1) is 4.63. The Morgan fingerprint density at radius 2 is 1.27 bits per heavy atom. The van der Waals surface area contributed by atoms with Gasteiger partial charge in [0.05, 0.1) is 0 Å². The highest BCUT2D eigenvalue weighted by Gasteiger charge is 2.27. The third kappa shape index (κ3) is 5.45. The zero-order chi connectivity index (χ0) is 9.28. The molecule has 0 aromatic carbocycles. The molecule has 0 bridgehead atoms. The van der Waals surface area contributed by atoms with Gasteiger partial charge in [0.1, 0.15) is 0 Å². The number of hydrogen-bond donors (Lipinski definition) is 0. The maximum Gasteiger partial charge on any atom is 0.179 e. The minimum Gasteiger partial charge on any atom is -0.415 e. The van der Waals surface area contributed by atoms with E-state index in [1.165, 1.54) is 0 Å². The van der Waals surface area contributed by atoms with Crippen molar-refractivity contribution in [1.29, 1.82) is 0 Å². The maximum atomic E-state index is 5.94. The van der Waals surface area contributed by atoms with Crippen LogP contribution < -0.4 is 0 Å². The average Bonchev–Trinajstić information content (AvgIpc) is 1.56. The Morgan fingerprint density at radius 3 is 1.36 bits per heavy atom. The minimum atomic E-state index is -1.02. The molecule has 2 heteroatoms. The van der Waals surface area contributed by atoms with Gasteiger partial charge in [-0.3, -0.25) is 0 Å². The van der Waals surface area contributed by atoms with Crippen LogP contribution in [0.5, 0.6) is 0 Å². The number of rotatable bonds is 1. The van der Waals surface area contributed by atoms with Crippen LogP contribution in [0.15, 0.2) is 0 Å². The monoisotopic (exact) mass is 174 g/mol. The fourth-order valence-corrected chi connectivity index (χ4v) is 2.12. The summed E-state index contributed by atoms with van der Waals surface area (Å²) in [6.07, 6.45) is 0. The highest BCUT2D eigenvalue weighted by Crippen LogP contribution is 2.29. The standard InChI is InChI=1S/C9H22OSi/c1-8(2,3)10-11(7)9(4,5)6/h11H,1-7H3/t11-/m1/s1. The highest BCUT2D eigenvalue weighted by molar-refractivity contribution is 6.53. The van der Waals surface area contributed by atoms with Gasteiger partial charge in [0.15, 0.2) is 9.04 Å². The lowest BCUT2D eigenvalue weighted by Gasteiger charge is -2.32. The van der Waals surface area contributed by atoms with Gasteiger partial charge in [-0.15, -0.1) is 0 Å². The Bertz CT molecular complexity index is 119. The van der Waals surface area contributed by atoms with Gasteiger partial charge < -0.3 is 4.43 Å². The minimum absolute atomic E-state index is 0.0406. The van der Waals surface area contributed by atoms with E-state index in [1.807, 2.05) is 0 Å². The third-order valence-corrected chi connectivity index (χ3v) is 5.25. The predicted octanol–water partition coefficient (Wildman–Crippen LogP) is 2.96. The van der Waals surface area contributed by atoms with E-state index in [4.69, 9.17) is 4.43 Å². The average molecular weight is 174 g/mol. The molecule has 0 N–H and O–H groups in total. The van der Waals surface area contributed by atoms with Crippen molar-refractivity contribution >= 4 is 9.04 Å². The third-order valence-electron chi connectivity index (χ3n) is 1.75. The fraction of sp³-hybridized carbons (Fsp3) is 1.00. The summed E-state index contributed by atoms with van der Waals surface area (Å²) in [6.45, 7) is 15.4. The Labute approximate surface area is 72.9 Å². The smallest absolute Gasteiger partial charge is 0.179 e. The number of hydrogen-bond acceptors (Lipinski definition) is 1. The molecule has 0 rings (SSSR count). The van der Waals surface area contributed by atoms with E-state index in [1.54, 1.807) is 0 Å². The molecule has 11 heavy (non-hydrogen) atoms. The molecule has 0 saturated carbocycles. The van der Waals surface area contributed by atoms with E-state index in [2.05, 4.69) is 48.1 Å². The topological polar surface area (TPSA) is 9.23 Å². The van der Waals surface area contributed by atoms with Crippen molar-refractivity contribution in [3.8, 4) is 0 Å². The molecule has 0 aliphatic carbocycles. The molecule has 0 heterocycles. The first-order valence-corrected chi connectivity index (χ1v) is 6.51. The molecule has 0 radical (unpaired) electrons. The van der Waals surface area contributed by atoms with Crippen molar-refractivity contribution in [2.24, 2.45) is 0 Å². The largest absolute Gasteiger partial charge is 0.415 e. The van der Waals surface area contributed by atoms with Crippen molar-refractivity contribution in [1.82, 2.24) is 0 Å². The van der Waals surface area contributed by atoms with E-state index in [-0.39, 0.29) is 5.60 Å². The summed E-state index contributed by atoms with van der Waals surface area (Å²) in [6, 6.07) is 0. The van der Waals surface area contributed by atoms with E-state index < -0.39 is 9.04 Å². The molecule has 0 fully saturated rings. The van der Waals surface area contributed by atoms with Crippen LogP contribution in [0.2, 0.25) is 11.6 Å². The summed E-state index contributed by atoms with van der Waals surface area (Å²) in [5.41, 5.74) is 0.0406. The summed E-state index contributed by atoms with van der Waals surface area (Å²) in [7, 11) is -1.02. The molecule has 0 aliphatic rings. The highest BCUT2D eigenvalue weighted by atomic mass is 28.3. The van der Waals surface area contributed by atoms with Crippen LogP contribution in [-0.4, -0.2) is 14.6 Å². The van der Waals surface area contributed by atoms with E-state index >= 15 is 0 Å². The maximum absolute atomic E-state index is 5.94. The molecule has 0 aliphatic heterocycles. The van der Waals surface area contributed by atoms with Gasteiger partial charge in [0, 0.05) is 5.60 Å². The molecule has 0 aromatic rings. The van der Waals surface area contributed by atoms with E-state index in [9.17, 15) is 0 Å². The van der Waals surface area contributed by atoms with Gasteiger partial charge in [0.25, 0.3) is 0 Å². The Kier molecular flexibility index (Phi) is 3.33. The lowest BCUT2D eigenvalue weighted by Crippen LogP contribution is -2.34. The second-order valence-electron chi connectivity index (χ2n) is 5.24. The molecule has 1 nitrogen and oxygen atoms in total. The summed E-state index contributed by atoms with van der Waals surface area (Å²) in [4.78, 5) is 0. The SMILES string of the molecule is C[Si@@H](OC(C)(C)C)C(C)(C)C. The van der Waals surface area contributed by atoms with Crippen LogP contribution in [-0.2, 0) is 4.43 Å². The van der Waals surface area contributed by atoms with E-state index in [0.29, 0.717) is 5.04 Å². The first kappa shape index (κ1) is 11.2. The van der Waals surface area contributed by atoms with Crippen LogP contribution in [0.1, 0.15) is 41.5 Å². The van der Waals surface area contributed by atoms with Gasteiger partial charge in [-0.05, 0) is 32.4 Å². The summed E-state index contributed by atoms with van der Waals surface area (Å²) < 4.78 is 5.94. The van der Waals surface area contributed by atoms with Crippen LogP contribution in [0.4, 0.5) is 0 Å². The molecule has 0 aromatic heterocycles.